The molecule has 0 amide bonds. The molecule has 0 unspecified atom stereocenters. The number of rotatable bonds is 18. The van der Waals surface area contributed by atoms with Gasteiger partial charge in [0.2, 0.25) is 0 Å². The van der Waals surface area contributed by atoms with Gasteiger partial charge in [-0.3, -0.25) is 19.9 Å². The predicted molar refractivity (Wildman–Crippen MR) is 475 cm³/mol. The zero-order valence-corrected chi connectivity index (χ0v) is 64.4. The summed E-state index contributed by atoms with van der Waals surface area (Å²) < 4.78 is 0. The lowest BCUT2D eigenvalue weighted by molar-refractivity contribution is 1.07. The summed E-state index contributed by atoms with van der Waals surface area (Å²) in [6, 6.07) is 129. The number of benzene rings is 10. The minimum absolute atomic E-state index is 0.580. The van der Waals surface area contributed by atoms with Crippen LogP contribution >= 0.6 is 0 Å². The van der Waals surface area contributed by atoms with Crippen LogP contribution in [0, 0.1) is 0 Å². The van der Waals surface area contributed by atoms with Gasteiger partial charge in [-0.2, -0.15) is 0 Å². The summed E-state index contributed by atoms with van der Waals surface area (Å²) in [5.41, 5.74) is 24.1. The van der Waals surface area contributed by atoms with E-state index in [0.717, 1.165) is 146 Å². The molecule has 20 rings (SSSR count). The molecule has 16 nitrogen and oxygen atoms in total. The molecular weight excluding hydrogens is 1470 g/mol. The summed E-state index contributed by atoms with van der Waals surface area (Å²) in [5, 5.41) is 0. The van der Waals surface area contributed by atoms with Crippen LogP contribution in [0.1, 0.15) is 0 Å². The average molecular weight is 1540 g/mol. The molecule has 0 radical (unpaired) electrons. The Hall–Kier alpha value is -16.7. The maximum atomic E-state index is 5.10. The third kappa shape index (κ3) is 16.7. The zero-order valence-electron chi connectivity index (χ0n) is 64.4. The number of pyridine rings is 6. The lowest BCUT2D eigenvalue weighted by atomic mass is 10.00. The van der Waals surface area contributed by atoms with Gasteiger partial charge in [-0.15, -0.1) is 0 Å². The topological polar surface area (TPSA) is 206 Å². The van der Waals surface area contributed by atoms with Gasteiger partial charge < -0.3 is 0 Å². The van der Waals surface area contributed by atoms with Gasteiger partial charge in [0.15, 0.2) is 46.6 Å². The van der Waals surface area contributed by atoms with Crippen molar-refractivity contribution in [3.05, 3.63) is 413 Å². The lowest BCUT2D eigenvalue weighted by Crippen LogP contribution is -2.00. The fourth-order valence-corrected chi connectivity index (χ4v) is 14.0. The van der Waals surface area contributed by atoms with Crippen molar-refractivity contribution < 1.29 is 0 Å². The zero-order chi connectivity index (χ0) is 80.2. The van der Waals surface area contributed by atoms with Gasteiger partial charge in [-0.1, -0.05) is 297 Å². The Balaban J connectivity index is 0.000000159. The Bertz CT molecular complexity index is 6520. The first-order valence-electron chi connectivity index (χ1n) is 39.2. The molecule has 0 saturated carbocycles. The largest absolute Gasteiger partial charge is 0.255 e. The summed E-state index contributed by atoms with van der Waals surface area (Å²) in [4.78, 5) is 78.8. The molecule has 0 aliphatic rings. The number of aromatic nitrogens is 16. The number of nitrogens with zero attached hydrogens (tertiary/aromatic N) is 16. The number of hydrogen-bond donors (Lipinski definition) is 0. The minimum Gasteiger partial charge on any atom is -0.255 e. The smallest absolute Gasteiger partial charge is 0.164 e. The van der Waals surface area contributed by atoms with Crippen molar-refractivity contribution in [1.82, 2.24) is 79.7 Å². The third-order valence-corrected chi connectivity index (χ3v) is 20.1. The highest BCUT2D eigenvalue weighted by molar-refractivity contribution is 5.82. The first-order chi connectivity index (χ1) is 59.4. The molecule has 16 heteroatoms. The highest BCUT2D eigenvalue weighted by Crippen LogP contribution is 2.38. The van der Waals surface area contributed by atoms with E-state index in [-0.39, 0.29) is 0 Å². The van der Waals surface area contributed by atoms with Crippen molar-refractivity contribution in [2.24, 2.45) is 0 Å². The second kappa shape index (κ2) is 34.1. The summed E-state index contributed by atoms with van der Waals surface area (Å²) in [7, 11) is 0. The van der Waals surface area contributed by atoms with Crippen LogP contribution in [0.5, 0.6) is 0 Å². The molecule has 564 valence electrons. The summed E-state index contributed by atoms with van der Waals surface area (Å²) in [6.07, 6.45) is 7.27. The highest BCUT2D eigenvalue weighted by Gasteiger charge is 2.21. The maximum absolute atomic E-state index is 5.10. The van der Waals surface area contributed by atoms with Crippen molar-refractivity contribution in [1.29, 1.82) is 0 Å². The fourth-order valence-electron chi connectivity index (χ4n) is 14.0. The first-order valence-corrected chi connectivity index (χ1v) is 39.2. The summed E-state index contributed by atoms with van der Waals surface area (Å²) in [5.74, 6) is 4.94. The molecule has 0 spiro atoms. The van der Waals surface area contributed by atoms with Crippen LogP contribution in [0.2, 0.25) is 0 Å². The monoisotopic (exact) mass is 1540 g/mol. The molecule has 0 atom stereocenters. The quantitative estimate of drug-likeness (QED) is 0.0783. The van der Waals surface area contributed by atoms with Gasteiger partial charge in [0.1, 0.15) is 0 Å². The molecule has 0 aliphatic heterocycles. The van der Waals surface area contributed by atoms with E-state index in [1.807, 2.05) is 316 Å². The fraction of sp³-hybridized carbons (Fsp3) is 0. The van der Waals surface area contributed by atoms with Crippen molar-refractivity contribution >= 4 is 0 Å². The van der Waals surface area contributed by atoms with Gasteiger partial charge in [-0.25, -0.2) is 59.8 Å². The SMILES string of the molecule is c1ccc(-c2cc(-c3ccc(-c4cc(-c5ccc(-c6nc(-c7ccccc7)nc(-c7ccccc7)n6)cc5)cc(-c5ccccn5)n4)nc3)nc(-c3ccccc3)n2)cc1.c1ccc(-c2cc(-c3ccc(-c4cc(-c5cccc(-c6nc(-c7ccccc7)nc(-c7ccccc7)n6)c5)cc(-c5ccccn5)n4)nc3)nc(-c3ccccc3)n2)cc1. The van der Waals surface area contributed by atoms with E-state index in [2.05, 4.69) is 94.9 Å². The average Bonchev–Trinajstić information content (AvgIpc) is 0.802. The van der Waals surface area contributed by atoms with Crippen LogP contribution in [-0.2, 0) is 0 Å². The molecule has 0 aliphatic carbocycles. The first kappa shape index (κ1) is 73.5. The predicted octanol–water partition coefficient (Wildman–Crippen LogP) is 23.7. The third-order valence-electron chi connectivity index (χ3n) is 20.1. The summed E-state index contributed by atoms with van der Waals surface area (Å²) in [6.45, 7) is 0. The van der Waals surface area contributed by atoms with Crippen LogP contribution in [0.3, 0.4) is 0 Å². The normalized spacial score (nSPS) is 11.0. The molecule has 0 bridgehead atoms. The van der Waals surface area contributed by atoms with Crippen molar-refractivity contribution in [2.75, 3.05) is 0 Å². The lowest BCUT2D eigenvalue weighted by Gasteiger charge is -2.12. The minimum atomic E-state index is 0.580. The second-order valence-corrected chi connectivity index (χ2v) is 28.2. The van der Waals surface area contributed by atoms with E-state index < -0.39 is 0 Å². The van der Waals surface area contributed by atoms with Crippen LogP contribution in [-0.4, -0.2) is 79.7 Å². The molecule has 0 saturated heterocycles. The molecule has 10 heterocycles. The molecule has 120 heavy (non-hydrogen) atoms. The molecule has 10 aromatic carbocycles. The second-order valence-electron chi connectivity index (χ2n) is 28.2. The van der Waals surface area contributed by atoms with Crippen molar-refractivity contribution in [3.63, 3.8) is 0 Å². The molecular formula is C104H68N16. The standard InChI is InChI=1S/2C52H34N8/c1-5-16-35(17-6-1)45-33-46(57-49(56-45)36-18-7-2-8-19-36)41-27-28-44(54-34-41)48-32-42(31-47(55-48)43-26-13-14-29-53-43)39-24-15-25-40(30-39)52-59-50(37-20-9-3-10-21-37)58-51(60-52)38-22-11-4-12-23-38;1-5-15-36(16-6-1)45-33-46(57-49(56-45)37-17-7-2-8-18-37)41-28-29-44(54-34-41)48-32-42(31-47(55-48)43-23-13-14-30-53-43)35-24-26-40(27-25-35)52-59-50(38-19-9-3-10-20-38)58-51(60-52)39-21-11-4-12-22-39/h2*1-34H. The highest BCUT2D eigenvalue weighted by atomic mass is 15.0. The van der Waals surface area contributed by atoms with E-state index in [1.165, 1.54) is 0 Å². The molecule has 0 fully saturated rings. The molecule has 0 N–H and O–H groups in total. The van der Waals surface area contributed by atoms with Crippen molar-refractivity contribution in [3.8, 4) is 204 Å². The van der Waals surface area contributed by atoms with Crippen molar-refractivity contribution in [2.45, 2.75) is 0 Å². The van der Waals surface area contributed by atoms with Crippen LogP contribution < -0.4 is 0 Å². The number of hydrogen-bond acceptors (Lipinski definition) is 16. The van der Waals surface area contributed by atoms with E-state index >= 15 is 0 Å². The Morgan fingerprint density at radius 2 is 0.350 bits per heavy atom. The summed E-state index contributed by atoms with van der Waals surface area (Å²) >= 11 is 0. The molecule has 10 aromatic heterocycles. The maximum Gasteiger partial charge on any atom is 0.164 e. The van der Waals surface area contributed by atoms with E-state index in [4.69, 9.17) is 69.8 Å². The Kier molecular flexibility index (Phi) is 20.9. The van der Waals surface area contributed by atoms with Gasteiger partial charge in [0.25, 0.3) is 0 Å². The van der Waals surface area contributed by atoms with E-state index in [1.54, 1.807) is 12.4 Å². The van der Waals surface area contributed by atoms with Crippen LogP contribution in [0.25, 0.3) is 204 Å². The Morgan fingerprint density at radius 1 is 0.108 bits per heavy atom. The Morgan fingerprint density at radius 3 is 0.658 bits per heavy atom. The Labute approximate surface area is 692 Å². The van der Waals surface area contributed by atoms with Gasteiger partial charge >= 0.3 is 0 Å². The van der Waals surface area contributed by atoms with Gasteiger partial charge in [0.05, 0.1) is 68.3 Å². The van der Waals surface area contributed by atoms with Gasteiger partial charge in [-0.05, 0) is 113 Å². The van der Waals surface area contributed by atoms with Crippen LogP contribution in [0.4, 0.5) is 0 Å². The van der Waals surface area contributed by atoms with E-state index in [0.29, 0.717) is 58.0 Å². The van der Waals surface area contributed by atoms with E-state index in [9.17, 15) is 0 Å². The van der Waals surface area contributed by atoms with Gasteiger partial charge in [0, 0.05) is 91.5 Å². The molecule has 20 aromatic rings. The van der Waals surface area contributed by atoms with Crippen LogP contribution in [0.15, 0.2) is 413 Å².